The van der Waals surface area contributed by atoms with Crippen LogP contribution in [-0.4, -0.2) is 31.3 Å². The highest BCUT2D eigenvalue weighted by atomic mass is 16.2. The Morgan fingerprint density at radius 1 is 1.21 bits per heavy atom. The van der Waals surface area contributed by atoms with Crippen molar-refractivity contribution in [2.75, 3.05) is 0 Å². The lowest BCUT2D eigenvalue weighted by Gasteiger charge is -2.12. The summed E-state index contributed by atoms with van der Waals surface area (Å²) in [5.74, 6) is 0.0725. The molecule has 1 aromatic carbocycles. The third kappa shape index (κ3) is 3.27. The Balaban J connectivity index is 1.73. The molecule has 0 spiro atoms. The lowest BCUT2D eigenvalue weighted by Crippen LogP contribution is -2.25. The first kappa shape index (κ1) is 17.6. The van der Waals surface area contributed by atoms with Crippen LogP contribution in [0.3, 0.4) is 0 Å². The van der Waals surface area contributed by atoms with E-state index in [0.29, 0.717) is 11.4 Å². The molecule has 0 saturated carbocycles. The molecule has 0 aliphatic rings. The number of hydrogen-bond acceptors (Lipinski definition) is 5. The number of carbonyl (C=O) groups excluding carboxylic acids is 1. The highest BCUT2D eigenvalue weighted by Gasteiger charge is 2.16. The Labute approximate surface area is 161 Å². The maximum absolute atomic E-state index is 10.9. The number of primary amides is 1. The van der Waals surface area contributed by atoms with Gasteiger partial charge in [0.15, 0.2) is 5.65 Å². The van der Waals surface area contributed by atoms with Gasteiger partial charge in [0.25, 0.3) is 0 Å². The Hall–Kier alpha value is -3.81. The second-order valence-electron chi connectivity index (χ2n) is 6.52. The number of fused-ring (bicyclic) bond motifs is 2. The molecular weight excluding hydrogens is 354 g/mol. The van der Waals surface area contributed by atoms with Gasteiger partial charge in [0, 0.05) is 17.5 Å². The van der Waals surface area contributed by atoms with Crippen LogP contribution in [0.25, 0.3) is 16.6 Å². The zero-order valence-electron chi connectivity index (χ0n) is 15.5. The van der Waals surface area contributed by atoms with Gasteiger partial charge in [-0.25, -0.2) is 19.7 Å². The molecule has 4 aromatic rings. The van der Waals surface area contributed by atoms with E-state index in [9.17, 15) is 4.79 Å². The van der Waals surface area contributed by atoms with Gasteiger partial charge in [-0.15, -0.1) is 0 Å². The topological polar surface area (TPSA) is 111 Å². The summed E-state index contributed by atoms with van der Waals surface area (Å²) in [7, 11) is 0. The number of aromatic nitrogens is 4. The molecule has 0 fully saturated rings. The van der Waals surface area contributed by atoms with E-state index in [1.165, 1.54) is 0 Å². The number of nitrogens with one attached hydrogen (secondary N) is 1. The van der Waals surface area contributed by atoms with Crippen LogP contribution in [-0.2, 0) is 0 Å². The fourth-order valence-corrected chi connectivity index (χ4v) is 3.11. The van der Waals surface area contributed by atoms with Gasteiger partial charge in [0.2, 0.25) is 0 Å². The van der Waals surface area contributed by atoms with Crippen molar-refractivity contribution in [3.05, 3.63) is 71.8 Å². The number of nitrogens with zero attached hydrogens (tertiary/aromatic N) is 5. The third-order valence-electron chi connectivity index (χ3n) is 4.66. The molecule has 0 radical (unpaired) electrons. The molecule has 8 nitrogen and oxygen atoms in total. The van der Waals surface area contributed by atoms with E-state index in [1.807, 2.05) is 24.4 Å². The smallest absolute Gasteiger partial charge is 0.332 e. The summed E-state index contributed by atoms with van der Waals surface area (Å²) in [4.78, 5) is 19.7. The van der Waals surface area contributed by atoms with Gasteiger partial charge in [-0.2, -0.15) is 10.2 Å². The predicted molar refractivity (Wildman–Crippen MR) is 107 cm³/mol. The Bertz CT molecular complexity index is 1210. The molecule has 2 amide bonds. The monoisotopic (exact) mass is 373 g/mol. The fraction of sp³-hybridized carbons (Fsp3) is 0.150. The second-order valence-corrected chi connectivity index (χ2v) is 6.52. The summed E-state index contributed by atoms with van der Waals surface area (Å²) < 4.78 is 1.80. The fourth-order valence-electron chi connectivity index (χ4n) is 3.11. The number of nitrogens with two attached hydrogens (primary N) is 1. The summed E-state index contributed by atoms with van der Waals surface area (Å²) >= 11 is 0. The highest BCUT2D eigenvalue weighted by molar-refractivity contribution is 5.97. The molecule has 140 valence electrons. The SMILES string of the molecule is C/C(=N\NC(N)=O)c1ccc2ncc(C(C)c3ccc4ncccc4c3)n2n1. The number of amides is 2. The largest absolute Gasteiger partial charge is 0.350 e. The maximum atomic E-state index is 10.9. The number of benzene rings is 1. The van der Waals surface area contributed by atoms with E-state index in [1.54, 1.807) is 23.7 Å². The molecule has 3 heterocycles. The van der Waals surface area contributed by atoms with Crippen molar-refractivity contribution in [2.24, 2.45) is 10.8 Å². The number of hydrazone groups is 1. The number of hydrogen-bond donors (Lipinski definition) is 2. The molecule has 0 saturated heterocycles. The Kier molecular flexibility index (Phi) is 4.44. The van der Waals surface area contributed by atoms with Gasteiger partial charge in [-0.3, -0.25) is 4.98 Å². The Morgan fingerprint density at radius 3 is 2.89 bits per heavy atom. The van der Waals surface area contributed by atoms with Crippen molar-refractivity contribution in [2.45, 2.75) is 19.8 Å². The van der Waals surface area contributed by atoms with Crippen molar-refractivity contribution in [1.29, 1.82) is 0 Å². The molecule has 3 N–H and O–H groups in total. The summed E-state index contributed by atoms with van der Waals surface area (Å²) in [5.41, 5.74) is 12.3. The minimum absolute atomic E-state index is 0.0725. The normalized spacial score (nSPS) is 13.0. The first-order valence-electron chi connectivity index (χ1n) is 8.82. The standard InChI is InChI=1S/C20H19N7O/c1-12(14-5-6-17-15(10-14)4-3-9-22-17)18-11-23-19-8-7-16(26-27(18)19)13(2)24-25-20(21)28/h3-12H,1-2H3,(H3,21,25,28)/b24-13+. The van der Waals surface area contributed by atoms with Crippen molar-refractivity contribution < 1.29 is 4.79 Å². The summed E-state index contributed by atoms with van der Waals surface area (Å²) in [6.07, 6.45) is 3.62. The van der Waals surface area contributed by atoms with Gasteiger partial charge in [-0.05, 0) is 42.8 Å². The van der Waals surface area contributed by atoms with E-state index >= 15 is 0 Å². The molecule has 4 rings (SSSR count). The third-order valence-corrected chi connectivity index (χ3v) is 4.66. The molecule has 3 aromatic heterocycles. The van der Waals surface area contributed by atoms with Gasteiger partial charge < -0.3 is 5.73 Å². The van der Waals surface area contributed by atoms with Gasteiger partial charge in [-0.1, -0.05) is 19.1 Å². The van der Waals surface area contributed by atoms with Crippen molar-refractivity contribution in [3.63, 3.8) is 0 Å². The van der Waals surface area contributed by atoms with Crippen LogP contribution in [0.1, 0.15) is 36.7 Å². The first-order chi connectivity index (χ1) is 13.5. The van der Waals surface area contributed by atoms with E-state index < -0.39 is 6.03 Å². The minimum atomic E-state index is -0.719. The van der Waals surface area contributed by atoms with Gasteiger partial charge in [0.05, 0.1) is 23.1 Å². The summed E-state index contributed by atoms with van der Waals surface area (Å²) in [6, 6.07) is 13.2. The maximum Gasteiger partial charge on any atom is 0.332 e. The lowest BCUT2D eigenvalue weighted by atomic mass is 9.97. The number of imidazole rings is 1. The van der Waals surface area contributed by atoms with Gasteiger partial charge in [0.1, 0.15) is 5.69 Å². The average molecular weight is 373 g/mol. The molecule has 8 heteroatoms. The number of rotatable bonds is 4. The molecule has 0 aliphatic heterocycles. The summed E-state index contributed by atoms with van der Waals surface area (Å²) in [6.45, 7) is 3.87. The number of pyridine rings is 1. The molecule has 28 heavy (non-hydrogen) atoms. The average Bonchev–Trinajstić information content (AvgIpc) is 3.14. The first-order valence-corrected chi connectivity index (χ1v) is 8.82. The molecular formula is C20H19N7O. The highest BCUT2D eigenvalue weighted by Crippen LogP contribution is 2.27. The van der Waals surface area contributed by atoms with Crippen LogP contribution in [0.15, 0.2) is 60.0 Å². The van der Waals surface area contributed by atoms with Crippen molar-refractivity contribution in [1.82, 2.24) is 25.0 Å². The van der Waals surface area contributed by atoms with E-state index in [4.69, 9.17) is 5.73 Å². The zero-order valence-corrected chi connectivity index (χ0v) is 15.5. The van der Waals surface area contributed by atoms with E-state index in [2.05, 4.69) is 50.7 Å². The van der Waals surface area contributed by atoms with E-state index in [0.717, 1.165) is 27.8 Å². The molecule has 0 bridgehead atoms. The quantitative estimate of drug-likeness (QED) is 0.423. The Morgan fingerprint density at radius 2 is 2.07 bits per heavy atom. The number of carbonyl (C=O) groups is 1. The second kappa shape index (κ2) is 7.07. The molecule has 0 aliphatic carbocycles. The van der Waals surface area contributed by atoms with Crippen LogP contribution in [0.5, 0.6) is 0 Å². The molecule has 1 unspecified atom stereocenters. The van der Waals surface area contributed by atoms with E-state index in [-0.39, 0.29) is 5.92 Å². The van der Waals surface area contributed by atoms with Crippen LogP contribution in [0.2, 0.25) is 0 Å². The zero-order chi connectivity index (χ0) is 19.7. The van der Waals surface area contributed by atoms with Crippen LogP contribution in [0.4, 0.5) is 4.79 Å². The number of urea groups is 1. The van der Waals surface area contributed by atoms with Crippen LogP contribution in [0, 0.1) is 0 Å². The predicted octanol–water partition coefficient (Wildman–Crippen LogP) is 2.82. The van der Waals surface area contributed by atoms with Crippen molar-refractivity contribution in [3.8, 4) is 0 Å². The molecule has 1 atom stereocenters. The van der Waals surface area contributed by atoms with Crippen molar-refractivity contribution >= 4 is 28.3 Å². The minimum Gasteiger partial charge on any atom is -0.350 e. The van der Waals surface area contributed by atoms with Gasteiger partial charge >= 0.3 is 6.03 Å². The lowest BCUT2D eigenvalue weighted by molar-refractivity contribution is 0.249. The van der Waals surface area contributed by atoms with Crippen LogP contribution >= 0.6 is 0 Å². The van der Waals surface area contributed by atoms with Crippen LogP contribution < -0.4 is 11.2 Å². The summed E-state index contributed by atoms with van der Waals surface area (Å²) in [5, 5.41) is 9.67.